The van der Waals surface area contributed by atoms with E-state index in [9.17, 15) is 0 Å². The lowest BCUT2D eigenvalue weighted by Gasteiger charge is -2.32. The summed E-state index contributed by atoms with van der Waals surface area (Å²) in [4.78, 5) is 0. The number of benzene rings is 2. The molecule has 1 unspecified atom stereocenters. The topological polar surface area (TPSA) is 12.0 Å². The normalized spacial score (nSPS) is 21.0. The quantitative estimate of drug-likeness (QED) is 0.809. The summed E-state index contributed by atoms with van der Waals surface area (Å²) in [6, 6.07) is 17.5. The van der Waals surface area contributed by atoms with E-state index in [0.717, 1.165) is 11.4 Å². The third-order valence-electron chi connectivity index (χ3n) is 4.58. The highest BCUT2D eigenvalue weighted by Gasteiger charge is 2.39. The standard InChI is InChI=1S/C19H22ClN/c1-13(15-9-6-7-11-17(15)20)21-18-16-10-5-4-8-14(16)12-19(18,2)3/h4-11,13,18,21H,12H2,1-3H3/t13-,18?/m1/s1. The van der Waals surface area contributed by atoms with Crippen molar-refractivity contribution < 1.29 is 0 Å². The summed E-state index contributed by atoms with van der Waals surface area (Å²) < 4.78 is 0. The van der Waals surface area contributed by atoms with E-state index < -0.39 is 0 Å². The van der Waals surface area contributed by atoms with Crippen molar-refractivity contribution >= 4 is 11.6 Å². The van der Waals surface area contributed by atoms with E-state index in [2.05, 4.69) is 56.4 Å². The van der Waals surface area contributed by atoms with Gasteiger partial charge in [-0.05, 0) is 41.5 Å². The molecule has 3 rings (SSSR count). The van der Waals surface area contributed by atoms with Crippen LogP contribution < -0.4 is 5.32 Å². The average molecular weight is 300 g/mol. The first-order valence-electron chi connectivity index (χ1n) is 7.57. The van der Waals surface area contributed by atoms with Crippen molar-refractivity contribution in [2.24, 2.45) is 5.41 Å². The highest BCUT2D eigenvalue weighted by atomic mass is 35.5. The molecule has 2 aromatic rings. The van der Waals surface area contributed by atoms with Crippen LogP contribution in [0.5, 0.6) is 0 Å². The van der Waals surface area contributed by atoms with Crippen molar-refractivity contribution in [2.75, 3.05) is 0 Å². The van der Waals surface area contributed by atoms with Crippen LogP contribution in [-0.4, -0.2) is 0 Å². The van der Waals surface area contributed by atoms with Crippen LogP contribution in [0.3, 0.4) is 0 Å². The Morgan fingerprint density at radius 2 is 1.76 bits per heavy atom. The Kier molecular flexibility index (Phi) is 3.81. The van der Waals surface area contributed by atoms with Gasteiger partial charge in [-0.15, -0.1) is 0 Å². The number of hydrogen-bond acceptors (Lipinski definition) is 1. The summed E-state index contributed by atoms with van der Waals surface area (Å²) in [5.41, 5.74) is 4.28. The highest BCUT2D eigenvalue weighted by molar-refractivity contribution is 6.31. The lowest BCUT2D eigenvalue weighted by molar-refractivity contribution is 0.252. The number of halogens is 1. The van der Waals surface area contributed by atoms with Crippen LogP contribution in [0, 0.1) is 5.41 Å². The van der Waals surface area contributed by atoms with E-state index in [-0.39, 0.29) is 11.5 Å². The molecule has 110 valence electrons. The van der Waals surface area contributed by atoms with Gasteiger partial charge in [0.25, 0.3) is 0 Å². The summed E-state index contributed by atoms with van der Waals surface area (Å²) in [6.45, 7) is 6.87. The fourth-order valence-electron chi connectivity index (χ4n) is 3.47. The highest BCUT2D eigenvalue weighted by Crippen LogP contribution is 2.46. The van der Waals surface area contributed by atoms with Gasteiger partial charge >= 0.3 is 0 Å². The second-order valence-corrected chi connectivity index (χ2v) is 7.11. The maximum atomic E-state index is 6.34. The van der Waals surface area contributed by atoms with Crippen molar-refractivity contribution in [1.29, 1.82) is 0 Å². The molecule has 0 fully saturated rings. The molecule has 0 aliphatic heterocycles. The molecule has 21 heavy (non-hydrogen) atoms. The van der Waals surface area contributed by atoms with Crippen molar-refractivity contribution in [2.45, 2.75) is 39.3 Å². The molecule has 0 heterocycles. The van der Waals surface area contributed by atoms with Gasteiger partial charge in [-0.2, -0.15) is 0 Å². The molecule has 0 spiro atoms. The van der Waals surface area contributed by atoms with Gasteiger partial charge in [0.05, 0.1) is 0 Å². The molecular formula is C19H22ClN. The third kappa shape index (κ3) is 2.73. The maximum absolute atomic E-state index is 6.34. The third-order valence-corrected chi connectivity index (χ3v) is 4.93. The van der Waals surface area contributed by atoms with Crippen LogP contribution >= 0.6 is 11.6 Å². The lowest BCUT2D eigenvalue weighted by atomic mass is 9.84. The van der Waals surface area contributed by atoms with Crippen molar-refractivity contribution in [3.63, 3.8) is 0 Å². The van der Waals surface area contributed by atoms with Crippen molar-refractivity contribution in [3.8, 4) is 0 Å². The van der Waals surface area contributed by atoms with Crippen LogP contribution in [0.4, 0.5) is 0 Å². The fraction of sp³-hybridized carbons (Fsp3) is 0.368. The smallest absolute Gasteiger partial charge is 0.0453 e. The molecule has 1 aliphatic carbocycles. The fourth-order valence-corrected chi connectivity index (χ4v) is 3.77. The summed E-state index contributed by atoms with van der Waals surface area (Å²) in [5, 5.41) is 4.63. The van der Waals surface area contributed by atoms with Gasteiger partial charge in [0, 0.05) is 17.1 Å². The second-order valence-electron chi connectivity index (χ2n) is 6.71. The van der Waals surface area contributed by atoms with Crippen molar-refractivity contribution in [3.05, 3.63) is 70.2 Å². The molecule has 1 nitrogen and oxygen atoms in total. The van der Waals surface area contributed by atoms with Gasteiger partial charge in [0.2, 0.25) is 0 Å². The Labute approximate surface area is 132 Å². The first-order chi connectivity index (χ1) is 9.99. The number of hydrogen-bond donors (Lipinski definition) is 1. The summed E-state index contributed by atoms with van der Waals surface area (Å²) >= 11 is 6.34. The van der Waals surface area contributed by atoms with Crippen LogP contribution in [0.25, 0.3) is 0 Å². The molecule has 0 aromatic heterocycles. The molecule has 2 aromatic carbocycles. The van der Waals surface area contributed by atoms with E-state index in [0.29, 0.717) is 6.04 Å². The Morgan fingerprint density at radius 1 is 1.10 bits per heavy atom. The molecule has 0 radical (unpaired) electrons. The molecule has 1 N–H and O–H groups in total. The lowest BCUT2D eigenvalue weighted by Crippen LogP contribution is -2.33. The number of rotatable bonds is 3. The van der Waals surface area contributed by atoms with Crippen LogP contribution in [0.2, 0.25) is 5.02 Å². The van der Waals surface area contributed by atoms with Gasteiger partial charge in [-0.25, -0.2) is 0 Å². The SMILES string of the molecule is C[C@@H](NC1c2ccccc2CC1(C)C)c1ccccc1Cl. The molecular weight excluding hydrogens is 278 g/mol. The monoisotopic (exact) mass is 299 g/mol. The van der Waals surface area contributed by atoms with Crippen LogP contribution in [0.15, 0.2) is 48.5 Å². The zero-order chi connectivity index (χ0) is 15.0. The first-order valence-corrected chi connectivity index (χ1v) is 7.95. The molecule has 1 aliphatic rings. The van der Waals surface area contributed by atoms with Gasteiger partial charge in [0.15, 0.2) is 0 Å². The van der Waals surface area contributed by atoms with Crippen LogP contribution in [-0.2, 0) is 6.42 Å². The van der Waals surface area contributed by atoms with Gasteiger partial charge in [-0.1, -0.05) is 67.9 Å². The zero-order valence-electron chi connectivity index (χ0n) is 12.9. The largest absolute Gasteiger partial charge is 0.303 e. The Hall–Kier alpha value is -1.31. The minimum absolute atomic E-state index is 0.221. The molecule has 2 atom stereocenters. The van der Waals surface area contributed by atoms with Gasteiger partial charge in [0.1, 0.15) is 0 Å². The first kappa shape index (κ1) is 14.6. The zero-order valence-corrected chi connectivity index (χ0v) is 13.6. The van der Waals surface area contributed by atoms with E-state index in [1.807, 2.05) is 18.2 Å². The van der Waals surface area contributed by atoms with Crippen molar-refractivity contribution in [1.82, 2.24) is 5.32 Å². The summed E-state index contributed by atoms with van der Waals surface area (Å²) in [7, 11) is 0. The Morgan fingerprint density at radius 3 is 2.52 bits per heavy atom. The minimum Gasteiger partial charge on any atom is -0.303 e. The van der Waals surface area contributed by atoms with E-state index in [1.165, 1.54) is 16.7 Å². The summed E-state index contributed by atoms with van der Waals surface area (Å²) in [6.07, 6.45) is 1.12. The van der Waals surface area contributed by atoms with E-state index in [4.69, 9.17) is 11.6 Å². The predicted molar refractivity (Wildman–Crippen MR) is 89.7 cm³/mol. The second kappa shape index (κ2) is 5.47. The van der Waals surface area contributed by atoms with E-state index in [1.54, 1.807) is 0 Å². The molecule has 2 heteroatoms. The number of fused-ring (bicyclic) bond motifs is 1. The Balaban J connectivity index is 1.89. The Bertz CT molecular complexity index is 648. The maximum Gasteiger partial charge on any atom is 0.0453 e. The molecule has 0 saturated carbocycles. The van der Waals surface area contributed by atoms with E-state index >= 15 is 0 Å². The summed E-state index contributed by atoms with van der Waals surface area (Å²) in [5.74, 6) is 0. The predicted octanol–water partition coefficient (Wildman–Crippen LogP) is 5.31. The van der Waals surface area contributed by atoms with Gasteiger partial charge < -0.3 is 5.32 Å². The number of nitrogens with one attached hydrogen (secondary N) is 1. The minimum atomic E-state index is 0.221. The van der Waals surface area contributed by atoms with Crippen LogP contribution in [0.1, 0.15) is 49.5 Å². The molecule has 0 amide bonds. The molecule has 0 bridgehead atoms. The van der Waals surface area contributed by atoms with Gasteiger partial charge in [-0.3, -0.25) is 0 Å². The average Bonchev–Trinajstić information content (AvgIpc) is 2.70. The molecule has 0 saturated heterocycles.